The van der Waals surface area contributed by atoms with Gasteiger partial charge in [0.15, 0.2) is 0 Å². The topological polar surface area (TPSA) is 47.6 Å². The lowest BCUT2D eigenvalue weighted by Crippen LogP contribution is -1.82. The van der Waals surface area contributed by atoms with Crippen molar-refractivity contribution in [1.82, 2.24) is 0 Å². The highest BCUT2D eigenvalue weighted by atomic mass is 35.5. The zero-order chi connectivity index (χ0) is 9.14. The first kappa shape index (κ1) is 8.87. The van der Waals surface area contributed by atoms with Crippen LogP contribution in [0.4, 0.5) is 0 Å². The number of nitriles is 2. The Kier molecular flexibility index (Phi) is 2.55. The van der Waals surface area contributed by atoms with Gasteiger partial charge in [0.1, 0.15) is 12.1 Å². The lowest BCUT2D eigenvalue weighted by atomic mass is 10.1. The fourth-order valence-electron chi connectivity index (χ4n) is 0.718. The number of hydrogen-bond donors (Lipinski definition) is 0. The molecule has 0 saturated carbocycles. The minimum absolute atomic E-state index is 0.249. The van der Waals surface area contributed by atoms with E-state index in [1.807, 2.05) is 12.1 Å². The molecule has 4 heteroatoms. The molecule has 0 aliphatic heterocycles. The van der Waals surface area contributed by atoms with Gasteiger partial charge in [-0.05, 0) is 12.1 Å². The second kappa shape index (κ2) is 3.45. The van der Waals surface area contributed by atoms with E-state index in [1.54, 1.807) is 0 Å². The van der Waals surface area contributed by atoms with Gasteiger partial charge in [-0.3, -0.25) is 0 Å². The van der Waals surface area contributed by atoms with Crippen molar-refractivity contribution < 1.29 is 0 Å². The average Bonchev–Trinajstić information content (AvgIpc) is 2.08. The van der Waals surface area contributed by atoms with Crippen LogP contribution in [0, 0.1) is 22.7 Å². The molecule has 0 amide bonds. The van der Waals surface area contributed by atoms with Gasteiger partial charge in [-0.15, -0.1) is 0 Å². The maximum Gasteiger partial charge on any atom is 0.101 e. The number of halogens is 2. The molecular formula is C8H2Cl2N2. The fraction of sp³-hybridized carbons (Fsp3) is 0. The fourth-order valence-corrected chi connectivity index (χ4v) is 1.13. The van der Waals surface area contributed by atoms with E-state index in [2.05, 4.69) is 0 Å². The van der Waals surface area contributed by atoms with Crippen LogP contribution in [0.15, 0.2) is 12.1 Å². The highest BCUT2D eigenvalue weighted by Gasteiger charge is 2.05. The van der Waals surface area contributed by atoms with Gasteiger partial charge in [0, 0.05) is 0 Å². The lowest BCUT2D eigenvalue weighted by Gasteiger charge is -1.97. The molecule has 0 aromatic heterocycles. The van der Waals surface area contributed by atoms with Crippen LogP contribution in [-0.4, -0.2) is 0 Å². The third-order valence-electron chi connectivity index (χ3n) is 1.30. The summed E-state index contributed by atoms with van der Waals surface area (Å²) in [5.41, 5.74) is 0.557. The van der Waals surface area contributed by atoms with Crippen LogP contribution in [0.2, 0.25) is 10.0 Å². The minimum Gasteiger partial charge on any atom is -0.192 e. The van der Waals surface area contributed by atoms with Gasteiger partial charge >= 0.3 is 0 Å². The second-order valence-electron chi connectivity index (χ2n) is 2.04. The van der Waals surface area contributed by atoms with Crippen LogP contribution in [0.25, 0.3) is 0 Å². The zero-order valence-electron chi connectivity index (χ0n) is 5.81. The zero-order valence-corrected chi connectivity index (χ0v) is 7.32. The first-order valence-corrected chi connectivity index (χ1v) is 3.74. The molecule has 12 heavy (non-hydrogen) atoms. The molecule has 0 saturated heterocycles. The quantitative estimate of drug-likeness (QED) is 0.641. The van der Waals surface area contributed by atoms with Gasteiger partial charge in [0.2, 0.25) is 0 Å². The molecule has 0 unspecified atom stereocenters. The Balaban J connectivity index is 3.41. The maximum absolute atomic E-state index is 8.53. The van der Waals surface area contributed by atoms with E-state index < -0.39 is 0 Å². The van der Waals surface area contributed by atoms with E-state index in [4.69, 9.17) is 33.7 Å². The van der Waals surface area contributed by atoms with Crippen LogP contribution in [0.1, 0.15) is 11.1 Å². The van der Waals surface area contributed by atoms with E-state index in [9.17, 15) is 0 Å². The van der Waals surface area contributed by atoms with Crippen LogP contribution in [-0.2, 0) is 0 Å². The predicted octanol–water partition coefficient (Wildman–Crippen LogP) is 2.74. The molecule has 2 nitrogen and oxygen atoms in total. The lowest BCUT2D eigenvalue weighted by molar-refractivity contribution is 1.45. The Bertz CT molecular complexity index is 359. The maximum atomic E-state index is 8.53. The van der Waals surface area contributed by atoms with Crippen molar-refractivity contribution in [3.8, 4) is 12.1 Å². The van der Waals surface area contributed by atoms with Crippen LogP contribution in [0.3, 0.4) is 0 Å². The van der Waals surface area contributed by atoms with E-state index in [-0.39, 0.29) is 21.2 Å². The molecule has 0 radical (unpaired) electrons. The summed E-state index contributed by atoms with van der Waals surface area (Å²) in [5.74, 6) is 0. The second-order valence-corrected chi connectivity index (χ2v) is 2.85. The highest BCUT2D eigenvalue weighted by molar-refractivity contribution is 6.34. The number of hydrogen-bond acceptors (Lipinski definition) is 2. The molecule has 0 aliphatic rings. The van der Waals surface area contributed by atoms with Gasteiger partial charge in [-0.2, -0.15) is 10.5 Å². The van der Waals surface area contributed by atoms with Gasteiger partial charge in [0.25, 0.3) is 0 Å². The summed E-state index contributed by atoms with van der Waals surface area (Å²) in [6, 6.07) is 6.48. The highest BCUT2D eigenvalue weighted by Crippen LogP contribution is 2.23. The Morgan fingerprint density at radius 2 is 1.25 bits per heavy atom. The average molecular weight is 197 g/mol. The van der Waals surface area contributed by atoms with Crippen molar-refractivity contribution >= 4 is 23.2 Å². The van der Waals surface area contributed by atoms with Crippen LogP contribution < -0.4 is 0 Å². The smallest absolute Gasteiger partial charge is 0.101 e. The summed E-state index contributed by atoms with van der Waals surface area (Å²) in [4.78, 5) is 0. The third kappa shape index (κ3) is 1.51. The molecule has 1 rings (SSSR count). The van der Waals surface area contributed by atoms with Crippen molar-refractivity contribution in [2.75, 3.05) is 0 Å². The van der Waals surface area contributed by atoms with Crippen LogP contribution in [0.5, 0.6) is 0 Å². The molecule has 0 N–H and O–H groups in total. The summed E-state index contributed by atoms with van der Waals surface area (Å²) in [5, 5.41) is 17.6. The van der Waals surface area contributed by atoms with Crippen LogP contribution >= 0.6 is 23.2 Å². The number of benzene rings is 1. The summed E-state index contributed by atoms with van der Waals surface area (Å²) in [6.07, 6.45) is 0. The summed E-state index contributed by atoms with van der Waals surface area (Å²) < 4.78 is 0. The molecule has 0 heterocycles. The predicted molar refractivity (Wildman–Crippen MR) is 45.9 cm³/mol. The Morgan fingerprint density at radius 1 is 0.917 bits per heavy atom. The van der Waals surface area contributed by atoms with Gasteiger partial charge in [-0.1, -0.05) is 23.2 Å². The normalized spacial score (nSPS) is 8.67. The molecule has 0 spiro atoms. The standard InChI is InChI=1S/C8H2Cl2N2/c9-7-1-5(3-11)8(10)2-6(7)4-12/h1-2H. The van der Waals surface area contributed by atoms with Gasteiger partial charge in [0.05, 0.1) is 21.2 Å². The molecular weight excluding hydrogens is 195 g/mol. The van der Waals surface area contributed by atoms with Gasteiger partial charge < -0.3 is 0 Å². The Hall–Kier alpha value is -1.22. The molecule has 0 fully saturated rings. The first-order valence-electron chi connectivity index (χ1n) is 2.98. The Morgan fingerprint density at radius 3 is 1.50 bits per heavy atom. The van der Waals surface area contributed by atoms with Crippen molar-refractivity contribution in [1.29, 1.82) is 10.5 Å². The van der Waals surface area contributed by atoms with E-state index in [0.29, 0.717) is 0 Å². The van der Waals surface area contributed by atoms with Crippen molar-refractivity contribution in [3.63, 3.8) is 0 Å². The SMILES string of the molecule is N#Cc1cc(Cl)c(C#N)cc1Cl. The molecule has 0 bridgehead atoms. The summed E-state index contributed by atoms with van der Waals surface area (Å²) in [6.45, 7) is 0. The number of nitrogens with zero attached hydrogens (tertiary/aromatic N) is 2. The molecule has 0 aliphatic carbocycles. The summed E-state index contributed by atoms with van der Waals surface area (Å²) in [7, 11) is 0. The molecule has 1 aromatic rings. The van der Waals surface area contributed by atoms with Gasteiger partial charge in [-0.25, -0.2) is 0 Å². The minimum atomic E-state index is 0.249. The largest absolute Gasteiger partial charge is 0.192 e. The van der Waals surface area contributed by atoms with E-state index in [0.717, 1.165) is 0 Å². The molecule has 1 aromatic carbocycles. The summed E-state index contributed by atoms with van der Waals surface area (Å²) >= 11 is 11.3. The van der Waals surface area contributed by atoms with E-state index in [1.165, 1.54) is 12.1 Å². The monoisotopic (exact) mass is 196 g/mol. The molecule has 0 atom stereocenters. The number of rotatable bonds is 0. The van der Waals surface area contributed by atoms with E-state index >= 15 is 0 Å². The molecule has 58 valence electrons. The van der Waals surface area contributed by atoms with Crippen molar-refractivity contribution in [2.45, 2.75) is 0 Å². The van der Waals surface area contributed by atoms with Crippen molar-refractivity contribution in [3.05, 3.63) is 33.3 Å². The van der Waals surface area contributed by atoms with Crippen molar-refractivity contribution in [2.24, 2.45) is 0 Å². The Labute approximate surface area is 79.6 Å². The first-order chi connectivity index (χ1) is 5.69. The third-order valence-corrected chi connectivity index (χ3v) is 1.92.